The molecule has 0 spiro atoms. The smallest absolute Gasteiger partial charge is 0.341 e. The van der Waals surface area contributed by atoms with Gasteiger partial charge in [0, 0.05) is 6.21 Å². The molecule has 3 nitrogen and oxygen atoms in total. The van der Waals surface area contributed by atoms with Crippen LogP contribution in [0.1, 0.15) is 13.3 Å². The van der Waals surface area contributed by atoms with Gasteiger partial charge in [-0.1, -0.05) is 29.8 Å². The van der Waals surface area contributed by atoms with Crippen LogP contribution in [0.5, 0.6) is 0 Å². The SMILES string of the molecule is CCOC(=O)C1=C(Cl)C2=CC=CCC2N=C1. The van der Waals surface area contributed by atoms with Gasteiger partial charge in [-0.2, -0.15) is 0 Å². The summed E-state index contributed by atoms with van der Waals surface area (Å²) in [4.78, 5) is 15.9. The Morgan fingerprint density at radius 1 is 1.69 bits per heavy atom. The first kappa shape index (κ1) is 11.1. The van der Waals surface area contributed by atoms with E-state index in [1.165, 1.54) is 6.21 Å². The molecule has 2 rings (SSSR count). The highest BCUT2D eigenvalue weighted by Gasteiger charge is 2.26. The van der Waals surface area contributed by atoms with E-state index >= 15 is 0 Å². The maximum absolute atomic E-state index is 11.6. The van der Waals surface area contributed by atoms with E-state index in [0.717, 1.165) is 12.0 Å². The summed E-state index contributed by atoms with van der Waals surface area (Å²) in [7, 11) is 0. The molecule has 0 aromatic heterocycles. The summed E-state index contributed by atoms with van der Waals surface area (Å²) in [6.07, 6.45) is 8.20. The summed E-state index contributed by atoms with van der Waals surface area (Å²) in [5, 5.41) is 0.461. The van der Waals surface area contributed by atoms with Gasteiger partial charge in [-0.3, -0.25) is 4.99 Å². The van der Waals surface area contributed by atoms with Crippen molar-refractivity contribution in [2.24, 2.45) is 4.99 Å². The van der Waals surface area contributed by atoms with Gasteiger partial charge in [-0.25, -0.2) is 4.79 Å². The molecule has 0 saturated carbocycles. The molecule has 0 saturated heterocycles. The number of esters is 1. The van der Waals surface area contributed by atoms with Crippen LogP contribution in [0, 0.1) is 0 Å². The summed E-state index contributed by atoms with van der Waals surface area (Å²) in [5.41, 5.74) is 1.25. The topological polar surface area (TPSA) is 38.7 Å². The van der Waals surface area contributed by atoms with E-state index in [0.29, 0.717) is 17.2 Å². The molecule has 1 heterocycles. The maximum Gasteiger partial charge on any atom is 0.341 e. The fourth-order valence-corrected chi connectivity index (χ4v) is 2.02. The number of halogens is 1. The summed E-state index contributed by atoms with van der Waals surface area (Å²) < 4.78 is 4.91. The molecule has 0 aromatic rings. The fourth-order valence-electron chi connectivity index (χ4n) is 1.71. The lowest BCUT2D eigenvalue weighted by Gasteiger charge is -2.22. The molecule has 0 radical (unpaired) electrons. The number of allylic oxidation sites excluding steroid dienone is 2. The van der Waals surface area contributed by atoms with E-state index in [9.17, 15) is 4.79 Å². The zero-order valence-corrected chi connectivity index (χ0v) is 9.70. The van der Waals surface area contributed by atoms with Crippen LogP contribution < -0.4 is 0 Å². The molecule has 1 unspecified atom stereocenters. The minimum atomic E-state index is -0.412. The van der Waals surface area contributed by atoms with Crippen molar-refractivity contribution in [2.45, 2.75) is 19.4 Å². The van der Waals surface area contributed by atoms with Crippen LogP contribution in [-0.4, -0.2) is 24.8 Å². The molecule has 0 N–H and O–H groups in total. The number of dihydropyridines is 1. The van der Waals surface area contributed by atoms with Crippen LogP contribution in [0.4, 0.5) is 0 Å². The average molecular weight is 238 g/mol. The lowest BCUT2D eigenvalue weighted by molar-refractivity contribution is -0.137. The van der Waals surface area contributed by atoms with Crippen molar-refractivity contribution in [1.82, 2.24) is 0 Å². The number of nitrogens with zero attached hydrogens (tertiary/aromatic N) is 1. The predicted octanol–water partition coefficient (Wildman–Crippen LogP) is 2.38. The van der Waals surface area contributed by atoms with E-state index < -0.39 is 5.97 Å². The van der Waals surface area contributed by atoms with Crippen molar-refractivity contribution in [1.29, 1.82) is 0 Å². The third-order valence-electron chi connectivity index (χ3n) is 2.50. The summed E-state index contributed by atoms with van der Waals surface area (Å²) in [6.45, 7) is 2.10. The normalized spacial score (nSPS) is 22.9. The third kappa shape index (κ3) is 1.95. The molecular weight excluding hydrogens is 226 g/mol. The second kappa shape index (κ2) is 4.66. The number of carbonyl (C=O) groups excluding carboxylic acids is 1. The molecule has 0 amide bonds. The molecule has 1 aliphatic carbocycles. The molecule has 0 bridgehead atoms. The molecule has 16 heavy (non-hydrogen) atoms. The highest BCUT2D eigenvalue weighted by Crippen LogP contribution is 2.31. The van der Waals surface area contributed by atoms with Crippen LogP contribution in [-0.2, 0) is 9.53 Å². The Bertz CT molecular complexity index is 432. The van der Waals surface area contributed by atoms with Gasteiger partial charge in [-0.15, -0.1) is 0 Å². The number of carbonyl (C=O) groups is 1. The summed E-state index contributed by atoms with van der Waals surface area (Å²) in [6, 6.07) is 0.0516. The minimum Gasteiger partial charge on any atom is -0.462 e. The number of fused-ring (bicyclic) bond motifs is 1. The monoisotopic (exact) mass is 237 g/mol. The van der Waals surface area contributed by atoms with Crippen LogP contribution >= 0.6 is 11.6 Å². The van der Waals surface area contributed by atoms with E-state index in [4.69, 9.17) is 16.3 Å². The Labute approximate surface area is 99.1 Å². The van der Waals surface area contributed by atoms with Crippen LogP contribution in [0.25, 0.3) is 0 Å². The molecule has 1 aliphatic heterocycles. The van der Waals surface area contributed by atoms with E-state index in [1.54, 1.807) is 6.92 Å². The Hall–Kier alpha value is -1.35. The van der Waals surface area contributed by atoms with Gasteiger partial charge in [0.15, 0.2) is 0 Å². The third-order valence-corrected chi connectivity index (χ3v) is 2.92. The van der Waals surface area contributed by atoms with Crippen molar-refractivity contribution in [3.8, 4) is 0 Å². The molecule has 0 fully saturated rings. The average Bonchev–Trinajstić information content (AvgIpc) is 2.30. The van der Waals surface area contributed by atoms with Gasteiger partial charge in [0.1, 0.15) is 0 Å². The quantitative estimate of drug-likeness (QED) is 0.692. The molecule has 2 aliphatic rings. The summed E-state index contributed by atoms with van der Waals surface area (Å²) >= 11 is 6.17. The second-order valence-corrected chi connectivity index (χ2v) is 3.91. The number of aliphatic imine (C=N–C) groups is 1. The number of hydrogen-bond acceptors (Lipinski definition) is 3. The number of rotatable bonds is 2. The zero-order chi connectivity index (χ0) is 11.5. The standard InChI is InChI=1S/C12H12ClNO2/c1-2-16-12(15)9-7-14-10-6-4-3-5-8(10)11(9)13/h3-5,7,10H,2,6H2,1H3. The van der Waals surface area contributed by atoms with Crippen LogP contribution in [0.2, 0.25) is 0 Å². The summed E-state index contributed by atoms with van der Waals surface area (Å²) in [5.74, 6) is -0.412. The van der Waals surface area contributed by atoms with E-state index in [2.05, 4.69) is 4.99 Å². The first-order valence-corrected chi connectivity index (χ1v) is 5.59. The highest BCUT2D eigenvalue weighted by atomic mass is 35.5. The Kier molecular flexibility index (Phi) is 3.25. The van der Waals surface area contributed by atoms with Crippen LogP contribution in [0.15, 0.2) is 39.4 Å². The number of hydrogen-bond donors (Lipinski definition) is 0. The van der Waals surface area contributed by atoms with Gasteiger partial charge in [0.05, 0.1) is 23.3 Å². The van der Waals surface area contributed by atoms with Crippen molar-refractivity contribution >= 4 is 23.8 Å². The van der Waals surface area contributed by atoms with Crippen LogP contribution in [0.3, 0.4) is 0 Å². The molecule has 0 aromatic carbocycles. The van der Waals surface area contributed by atoms with Crippen molar-refractivity contribution < 1.29 is 9.53 Å². The molecule has 84 valence electrons. The zero-order valence-electron chi connectivity index (χ0n) is 8.94. The largest absolute Gasteiger partial charge is 0.462 e. The first-order valence-electron chi connectivity index (χ1n) is 5.21. The van der Waals surface area contributed by atoms with Gasteiger partial charge in [0.2, 0.25) is 0 Å². The van der Waals surface area contributed by atoms with Gasteiger partial charge in [-0.05, 0) is 18.9 Å². The van der Waals surface area contributed by atoms with E-state index in [-0.39, 0.29) is 6.04 Å². The maximum atomic E-state index is 11.6. The number of ether oxygens (including phenoxy) is 1. The van der Waals surface area contributed by atoms with Gasteiger partial charge < -0.3 is 4.74 Å². The lowest BCUT2D eigenvalue weighted by Crippen LogP contribution is -2.20. The fraction of sp³-hybridized carbons (Fsp3) is 0.333. The Balaban J connectivity index is 2.32. The second-order valence-electron chi connectivity index (χ2n) is 3.53. The van der Waals surface area contributed by atoms with Crippen molar-refractivity contribution in [2.75, 3.05) is 6.61 Å². The lowest BCUT2D eigenvalue weighted by atomic mass is 9.95. The van der Waals surface area contributed by atoms with Gasteiger partial charge in [0.25, 0.3) is 0 Å². The Morgan fingerprint density at radius 2 is 2.50 bits per heavy atom. The molecular formula is C12H12ClNO2. The van der Waals surface area contributed by atoms with Crippen molar-refractivity contribution in [3.05, 3.63) is 34.4 Å². The van der Waals surface area contributed by atoms with E-state index in [1.807, 2.05) is 18.2 Å². The highest BCUT2D eigenvalue weighted by molar-refractivity contribution is 6.37. The van der Waals surface area contributed by atoms with Gasteiger partial charge >= 0.3 is 5.97 Å². The molecule has 1 atom stereocenters. The first-order chi connectivity index (χ1) is 7.74. The minimum absolute atomic E-state index is 0.0516. The van der Waals surface area contributed by atoms with Crippen molar-refractivity contribution in [3.63, 3.8) is 0 Å². The Morgan fingerprint density at radius 3 is 3.25 bits per heavy atom. The molecule has 4 heteroatoms. The predicted molar refractivity (Wildman–Crippen MR) is 63.6 cm³/mol.